The van der Waals surface area contributed by atoms with Gasteiger partial charge in [-0.1, -0.05) is 12.2 Å². The minimum Gasteiger partial charge on any atom is -0.393 e. The van der Waals surface area contributed by atoms with Crippen LogP contribution >= 0.6 is 12.2 Å². The molecule has 3 nitrogen and oxygen atoms in total. The van der Waals surface area contributed by atoms with Gasteiger partial charge in [0.05, 0.1) is 6.10 Å². The predicted octanol–water partition coefficient (Wildman–Crippen LogP) is 2.05. The van der Waals surface area contributed by atoms with Crippen LogP contribution in [0, 0.1) is 11.7 Å². The van der Waals surface area contributed by atoms with Gasteiger partial charge in [0.1, 0.15) is 10.8 Å². The molecule has 5 heteroatoms. The van der Waals surface area contributed by atoms with E-state index in [1.54, 1.807) is 12.1 Å². The lowest BCUT2D eigenvalue weighted by Crippen LogP contribution is -2.36. The number of nitrogens with two attached hydrogens (primary N) is 1. The third-order valence-electron chi connectivity index (χ3n) is 4.04. The number of aliphatic hydroxyl groups is 1. The van der Waals surface area contributed by atoms with Crippen molar-refractivity contribution < 1.29 is 9.50 Å². The van der Waals surface area contributed by atoms with E-state index >= 15 is 0 Å². The Hall–Kier alpha value is -1.04. The van der Waals surface area contributed by atoms with Crippen molar-refractivity contribution in [1.82, 2.24) is 4.90 Å². The van der Waals surface area contributed by atoms with Crippen molar-refractivity contribution in [2.24, 2.45) is 11.7 Å². The van der Waals surface area contributed by atoms with E-state index < -0.39 is 0 Å². The molecule has 0 aliphatic carbocycles. The summed E-state index contributed by atoms with van der Waals surface area (Å²) in [6, 6.07) is 4.77. The Morgan fingerprint density at radius 1 is 1.50 bits per heavy atom. The van der Waals surface area contributed by atoms with Crippen LogP contribution in [0.1, 0.15) is 30.9 Å². The summed E-state index contributed by atoms with van der Waals surface area (Å²) in [6.45, 7) is 4.17. The van der Waals surface area contributed by atoms with Crippen LogP contribution in [0.2, 0.25) is 0 Å². The molecule has 1 aliphatic rings. The minimum absolute atomic E-state index is 0.220. The minimum atomic E-state index is -0.258. The molecule has 3 N–H and O–H groups in total. The number of likely N-dealkylation sites (tertiary alicyclic amines) is 1. The lowest BCUT2D eigenvalue weighted by molar-refractivity contribution is 0.0692. The molecule has 2 rings (SSSR count). The van der Waals surface area contributed by atoms with Crippen LogP contribution in [0.5, 0.6) is 0 Å². The van der Waals surface area contributed by atoms with Gasteiger partial charge in [-0.3, -0.25) is 4.90 Å². The zero-order valence-corrected chi connectivity index (χ0v) is 12.5. The van der Waals surface area contributed by atoms with E-state index in [-0.39, 0.29) is 11.9 Å². The second-order valence-corrected chi connectivity index (χ2v) is 5.96. The summed E-state index contributed by atoms with van der Waals surface area (Å²) in [7, 11) is 0. The first kappa shape index (κ1) is 15.4. The third-order valence-corrected chi connectivity index (χ3v) is 4.27. The van der Waals surface area contributed by atoms with E-state index in [0.29, 0.717) is 28.6 Å². The summed E-state index contributed by atoms with van der Waals surface area (Å²) in [5, 5.41) is 9.59. The zero-order chi connectivity index (χ0) is 14.7. The highest BCUT2D eigenvalue weighted by atomic mass is 32.1. The normalized spacial score (nSPS) is 18.9. The Morgan fingerprint density at radius 2 is 2.15 bits per heavy atom. The third kappa shape index (κ3) is 3.75. The number of halogens is 1. The molecule has 0 aromatic heterocycles. The molecule has 1 saturated heterocycles. The maximum atomic E-state index is 13.8. The average Bonchev–Trinajstić information content (AvgIpc) is 2.41. The largest absolute Gasteiger partial charge is 0.393 e. The standard InChI is InChI=1S/C15H21FN2OS/c1-10(19)11-4-6-18(7-5-11)9-13-8-12(15(17)20)2-3-14(13)16/h2-3,8,10-11,19H,4-7,9H2,1H3,(H2,17,20). The first-order valence-electron chi connectivity index (χ1n) is 6.96. The molecule has 1 aliphatic heterocycles. The fraction of sp³-hybridized carbons (Fsp3) is 0.533. The number of benzene rings is 1. The van der Waals surface area contributed by atoms with Crippen LogP contribution in [-0.4, -0.2) is 34.2 Å². The van der Waals surface area contributed by atoms with E-state index in [4.69, 9.17) is 18.0 Å². The van der Waals surface area contributed by atoms with Crippen molar-refractivity contribution >= 4 is 17.2 Å². The fourth-order valence-corrected chi connectivity index (χ4v) is 2.81. The fourth-order valence-electron chi connectivity index (χ4n) is 2.68. The Balaban J connectivity index is 2.00. The molecule has 20 heavy (non-hydrogen) atoms. The summed E-state index contributed by atoms with van der Waals surface area (Å²) in [5.74, 6) is 0.140. The van der Waals surface area contributed by atoms with Gasteiger partial charge < -0.3 is 10.8 Å². The number of hydrogen-bond acceptors (Lipinski definition) is 3. The maximum Gasteiger partial charge on any atom is 0.127 e. The lowest BCUT2D eigenvalue weighted by Gasteiger charge is -2.33. The van der Waals surface area contributed by atoms with Gasteiger partial charge in [-0.25, -0.2) is 4.39 Å². The highest BCUT2D eigenvalue weighted by molar-refractivity contribution is 7.80. The number of aliphatic hydroxyl groups excluding tert-OH is 1. The van der Waals surface area contributed by atoms with Crippen molar-refractivity contribution in [1.29, 1.82) is 0 Å². The molecule has 1 fully saturated rings. The van der Waals surface area contributed by atoms with Gasteiger partial charge in [-0.15, -0.1) is 0 Å². The monoisotopic (exact) mass is 296 g/mol. The van der Waals surface area contributed by atoms with Crippen LogP contribution in [-0.2, 0) is 6.54 Å². The second kappa shape index (κ2) is 6.61. The van der Waals surface area contributed by atoms with Crippen LogP contribution < -0.4 is 5.73 Å². The molecule has 1 heterocycles. The van der Waals surface area contributed by atoms with Crippen LogP contribution in [0.4, 0.5) is 4.39 Å². The predicted molar refractivity (Wildman–Crippen MR) is 82.0 cm³/mol. The lowest BCUT2D eigenvalue weighted by atomic mass is 9.92. The SMILES string of the molecule is CC(O)C1CCN(Cc2cc(C(N)=S)ccc2F)CC1. The summed E-state index contributed by atoms with van der Waals surface area (Å²) in [5.41, 5.74) is 6.92. The van der Waals surface area contributed by atoms with Gasteiger partial charge in [0.15, 0.2) is 0 Å². The zero-order valence-electron chi connectivity index (χ0n) is 11.7. The maximum absolute atomic E-state index is 13.8. The van der Waals surface area contributed by atoms with Crippen LogP contribution in [0.15, 0.2) is 18.2 Å². The molecule has 0 bridgehead atoms. The Morgan fingerprint density at radius 3 is 2.70 bits per heavy atom. The van der Waals surface area contributed by atoms with Gasteiger partial charge in [-0.05, 0) is 57.0 Å². The van der Waals surface area contributed by atoms with E-state index in [2.05, 4.69) is 4.90 Å². The Kier molecular flexibility index (Phi) is 5.07. The van der Waals surface area contributed by atoms with Crippen molar-refractivity contribution in [3.63, 3.8) is 0 Å². The quantitative estimate of drug-likeness (QED) is 0.835. The molecule has 110 valence electrons. The first-order chi connectivity index (χ1) is 9.47. The molecule has 1 aromatic rings. The van der Waals surface area contributed by atoms with Crippen molar-refractivity contribution in [2.75, 3.05) is 13.1 Å². The van der Waals surface area contributed by atoms with Crippen molar-refractivity contribution in [2.45, 2.75) is 32.4 Å². The molecule has 1 atom stereocenters. The number of nitrogens with zero attached hydrogens (tertiary/aromatic N) is 1. The van der Waals surface area contributed by atoms with Gasteiger partial charge >= 0.3 is 0 Å². The van der Waals surface area contributed by atoms with Gasteiger partial charge in [0.25, 0.3) is 0 Å². The van der Waals surface area contributed by atoms with Crippen molar-refractivity contribution in [3.05, 3.63) is 35.1 Å². The number of hydrogen-bond donors (Lipinski definition) is 2. The van der Waals surface area contributed by atoms with Crippen molar-refractivity contribution in [3.8, 4) is 0 Å². The summed E-state index contributed by atoms with van der Waals surface area (Å²) >= 11 is 4.93. The summed E-state index contributed by atoms with van der Waals surface area (Å²) < 4.78 is 13.8. The molecule has 1 unspecified atom stereocenters. The van der Waals surface area contributed by atoms with Crippen LogP contribution in [0.25, 0.3) is 0 Å². The molecule has 0 amide bonds. The van der Waals surface area contributed by atoms with Crippen LogP contribution in [0.3, 0.4) is 0 Å². The molecule has 0 saturated carbocycles. The number of piperidine rings is 1. The van der Waals surface area contributed by atoms with E-state index in [1.807, 2.05) is 6.92 Å². The van der Waals surface area contributed by atoms with Gasteiger partial charge in [0.2, 0.25) is 0 Å². The Labute approximate surface area is 124 Å². The molecular weight excluding hydrogens is 275 g/mol. The first-order valence-corrected chi connectivity index (χ1v) is 7.37. The van der Waals surface area contributed by atoms with E-state index in [0.717, 1.165) is 25.9 Å². The molecular formula is C15H21FN2OS. The van der Waals surface area contributed by atoms with E-state index in [1.165, 1.54) is 6.07 Å². The topological polar surface area (TPSA) is 49.5 Å². The van der Waals surface area contributed by atoms with Gasteiger partial charge in [0, 0.05) is 17.7 Å². The summed E-state index contributed by atoms with van der Waals surface area (Å²) in [6.07, 6.45) is 1.65. The molecule has 0 spiro atoms. The Bertz CT molecular complexity index is 485. The molecule has 1 aromatic carbocycles. The van der Waals surface area contributed by atoms with E-state index in [9.17, 15) is 9.50 Å². The second-order valence-electron chi connectivity index (χ2n) is 5.52. The average molecular weight is 296 g/mol. The molecule has 0 radical (unpaired) electrons. The highest BCUT2D eigenvalue weighted by Gasteiger charge is 2.23. The summed E-state index contributed by atoms with van der Waals surface area (Å²) in [4.78, 5) is 2.50. The number of thiocarbonyl (C=S) groups is 1. The number of rotatable bonds is 4. The van der Waals surface area contributed by atoms with Gasteiger partial charge in [-0.2, -0.15) is 0 Å². The smallest absolute Gasteiger partial charge is 0.127 e. The highest BCUT2D eigenvalue weighted by Crippen LogP contribution is 2.22.